The third-order valence-electron chi connectivity index (χ3n) is 1.80. The number of hydrogen-bond acceptors (Lipinski definition) is 5. The van der Waals surface area contributed by atoms with Crippen molar-refractivity contribution in [3.63, 3.8) is 0 Å². The lowest BCUT2D eigenvalue weighted by atomic mass is 10.3. The third-order valence-corrected chi connectivity index (χ3v) is 2.29. The maximum Gasteiger partial charge on any atom is 0.267 e. The highest BCUT2D eigenvalue weighted by molar-refractivity contribution is 9.10. The topological polar surface area (TPSA) is 91.3 Å². The summed E-state index contributed by atoms with van der Waals surface area (Å²) in [6.45, 7) is 0. The lowest BCUT2D eigenvalue weighted by Crippen LogP contribution is -1.98. The SMILES string of the molecule is OC(O)c1n[nH]nc1Oc1cccc(Br)c1. The smallest absolute Gasteiger partial charge is 0.267 e. The predicted molar refractivity (Wildman–Crippen MR) is 57.8 cm³/mol. The van der Waals surface area contributed by atoms with E-state index < -0.39 is 6.29 Å². The van der Waals surface area contributed by atoms with Crippen molar-refractivity contribution in [3.05, 3.63) is 34.4 Å². The fourth-order valence-corrected chi connectivity index (χ4v) is 1.49. The second-order valence-electron chi connectivity index (χ2n) is 2.95. The Morgan fingerprint density at radius 1 is 1.31 bits per heavy atom. The molecule has 6 nitrogen and oxygen atoms in total. The molecule has 0 aliphatic rings. The summed E-state index contributed by atoms with van der Waals surface area (Å²) in [6, 6.07) is 7.07. The van der Waals surface area contributed by atoms with Gasteiger partial charge in [-0.15, -0.1) is 5.10 Å². The van der Waals surface area contributed by atoms with Crippen LogP contribution in [0.3, 0.4) is 0 Å². The van der Waals surface area contributed by atoms with E-state index in [0.29, 0.717) is 5.75 Å². The van der Waals surface area contributed by atoms with Gasteiger partial charge in [0, 0.05) is 4.47 Å². The van der Waals surface area contributed by atoms with Crippen LogP contribution in [0.15, 0.2) is 28.7 Å². The number of H-pyrrole nitrogens is 1. The molecule has 0 fully saturated rings. The molecular formula is C9H8BrN3O3. The number of aromatic nitrogens is 3. The summed E-state index contributed by atoms with van der Waals surface area (Å²) >= 11 is 3.29. The van der Waals surface area contributed by atoms with Crippen LogP contribution in [0, 0.1) is 0 Å². The molecule has 7 heteroatoms. The molecule has 0 saturated heterocycles. The normalized spacial score (nSPS) is 10.8. The Bertz CT molecular complexity index is 486. The first-order chi connectivity index (χ1) is 7.66. The Morgan fingerprint density at radius 3 is 2.81 bits per heavy atom. The van der Waals surface area contributed by atoms with E-state index >= 15 is 0 Å². The molecule has 1 heterocycles. The van der Waals surface area contributed by atoms with Crippen LogP contribution in [0.4, 0.5) is 0 Å². The van der Waals surface area contributed by atoms with Crippen LogP contribution in [-0.2, 0) is 0 Å². The zero-order valence-electron chi connectivity index (χ0n) is 7.96. The van der Waals surface area contributed by atoms with Gasteiger partial charge in [0.2, 0.25) is 6.29 Å². The van der Waals surface area contributed by atoms with Crippen LogP contribution >= 0.6 is 15.9 Å². The molecule has 0 spiro atoms. The Balaban J connectivity index is 2.24. The van der Waals surface area contributed by atoms with Gasteiger partial charge in [-0.25, -0.2) is 0 Å². The molecular weight excluding hydrogens is 278 g/mol. The van der Waals surface area contributed by atoms with Gasteiger partial charge in [-0.1, -0.05) is 22.0 Å². The van der Waals surface area contributed by atoms with Gasteiger partial charge < -0.3 is 14.9 Å². The lowest BCUT2D eigenvalue weighted by Gasteiger charge is -2.04. The van der Waals surface area contributed by atoms with E-state index in [1.54, 1.807) is 18.2 Å². The third kappa shape index (κ3) is 2.38. The molecule has 1 aromatic carbocycles. The molecule has 0 atom stereocenters. The number of nitrogens with zero attached hydrogens (tertiary/aromatic N) is 2. The van der Waals surface area contributed by atoms with Crippen molar-refractivity contribution in [2.75, 3.05) is 0 Å². The van der Waals surface area contributed by atoms with Crippen LogP contribution in [-0.4, -0.2) is 25.6 Å². The zero-order valence-corrected chi connectivity index (χ0v) is 9.55. The molecule has 3 N–H and O–H groups in total. The van der Waals surface area contributed by atoms with Crippen LogP contribution in [0.5, 0.6) is 11.6 Å². The first-order valence-electron chi connectivity index (χ1n) is 4.37. The first-order valence-corrected chi connectivity index (χ1v) is 5.16. The van der Waals surface area contributed by atoms with Gasteiger partial charge in [-0.05, 0) is 18.2 Å². The number of aliphatic hydroxyl groups is 2. The number of hydrogen-bond donors (Lipinski definition) is 3. The highest BCUT2D eigenvalue weighted by Crippen LogP contribution is 2.26. The second kappa shape index (κ2) is 4.60. The van der Waals surface area contributed by atoms with E-state index in [1.165, 1.54) is 0 Å². The number of halogens is 1. The van der Waals surface area contributed by atoms with Crippen molar-refractivity contribution < 1.29 is 14.9 Å². The van der Waals surface area contributed by atoms with Crippen LogP contribution < -0.4 is 4.74 Å². The van der Waals surface area contributed by atoms with E-state index in [2.05, 4.69) is 31.3 Å². The minimum atomic E-state index is -1.72. The Kier molecular flexibility index (Phi) is 3.18. The Hall–Kier alpha value is -1.44. The van der Waals surface area contributed by atoms with Crippen molar-refractivity contribution in [1.82, 2.24) is 15.4 Å². The number of benzene rings is 1. The van der Waals surface area contributed by atoms with Crippen molar-refractivity contribution in [2.45, 2.75) is 6.29 Å². The fraction of sp³-hybridized carbons (Fsp3) is 0.111. The molecule has 2 aromatic rings. The highest BCUT2D eigenvalue weighted by Gasteiger charge is 2.16. The maximum atomic E-state index is 8.97. The molecule has 2 rings (SSSR count). The number of nitrogens with one attached hydrogen (secondary N) is 1. The summed E-state index contributed by atoms with van der Waals surface area (Å²) in [6.07, 6.45) is -1.72. The minimum Gasteiger partial charge on any atom is -0.436 e. The van der Waals surface area contributed by atoms with Gasteiger partial charge in [0.25, 0.3) is 5.88 Å². The van der Waals surface area contributed by atoms with Crippen molar-refractivity contribution >= 4 is 15.9 Å². The van der Waals surface area contributed by atoms with E-state index in [-0.39, 0.29) is 11.6 Å². The Labute approximate surface area is 99.0 Å². The molecule has 0 aliphatic carbocycles. The lowest BCUT2D eigenvalue weighted by molar-refractivity contribution is -0.0470. The standard InChI is InChI=1S/C9H8BrN3O3/c10-5-2-1-3-6(4-5)16-8-7(9(14)15)11-13-12-8/h1-4,9,14-15H,(H,11,12,13). The van der Waals surface area contributed by atoms with Crippen molar-refractivity contribution in [2.24, 2.45) is 0 Å². The van der Waals surface area contributed by atoms with Gasteiger partial charge >= 0.3 is 0 Å². The Morgan fingerprint density at radius 2 is 2.12 bits per heavy atom. The van der Waals surface area contributed by atoms with E-state index in [0.717, 1.165) is 4.47 Å². The summed E-state index contributed by atoms with van der Waals surface area (Å²) in [5.74, 6) is 0.554. The van der Waals surface area contributed by atoms with Crippen LogP contribution in [0.1, 0.15) is 12.0 Å². The predicted octanol–water partition coefficient (Wildman–Crippen LogP) is 1.34. The highest BCUT2D eigenvalue weighted by atomic mass is 79.9. The van der Waals surface area contributed by atoms with Crippen molar-refractivity contribution in [1.29, 1.82) is 0 Å². The summed E-state index contributed by atoms with van der Waals surface area (Å²) in [5.41, 5.74) is -0.0556. The number of ether oxygens (including phenoxy) is 1. The first kappa shape index (κ1) is 11.1. The summed E-state index contributed by atoms with van der Waals surface area (Å²) < 4.78 is 6.18. The molecule has 0 bridgehead atoms. The fourth-order valence-electron chi connectivity index (χ4n) is 1.11. The van der Waals surface area contributed by atoms with Crippen molar-refractivity contribution in [3.8, 4) is 11.6 Å². The van der Waals surface area contributed by atoms with Gasteiger partial charge in [-0.3, -0.25) is 0 Å². The van der Waals surface area contributed by atoms with Gasteiger partial charge in [-0.2, -0.15) is 10.3 Å². The molecule has 1 aromatic heterocycles. The quantitative estimate of drug-likeness (QED) is 0.741. The average molecular weight is 286 g/mol. The number of aliphatic hydroxyl groups excluding tert-OH is 1. The molecule has 0 radical (unpaired) electrons. The summed E-state index contributed by atoms with van der Waals surface area (Å²) in [5, 5.41) is 27.4. The largest absolute Gasteiger partial charge is 0.436 e. The zero-order chi connectivity index (χ0) is 11.5. The molecule has 84 valence electrons. The van der Waals surface area contributed by atoms with E-state index in [4.69, 9.17) is 14.9 Å². The second-order valence-corrected chi connectivity index (χ2v) is 3.86. The van der Waals surface area contributed by atoms with E-state index in [1.807, 2.05) is 6.07 Å². The molecule has 0 aliphatic heterocycles. The molecule has 0 amide bonds. The van der Waals surface area contributed by atoms with E-state index in [9.17, 15) is 0 Å². The maximum absolute atomic E-state index is 8.97. The molecule has 16 heavy (non-hydrogen) atoms. The minimum absolute atomic E-state index is 0.0353. The summed E-state index contributed by atoms with van der Waals surface area (Å²) in [7, 11) is 0. The van der Waals surface area contributed by atoms with Crippen LogP contribution in [0.25, 0.3) is 0 Å². The van der Waals surface area contributed by atoms with Gasteiger partial charge in [0.1, 0.15) is 5.75 Å². The molecule has 0 saturated carbocycles. The van der Waals surface area contributed by atoms with Gasteiger partial charge in [0.15, 0.2) is 5.69 Å². The number of aromatic amines is 1. The monoisotopic (exact) mass is 285 g/mol. The average Bonchev–Trinajstić information content (AvgIpc) is 2.66. The van der Waals surface area contributed by atoms with Gasteiger partial charge in [0.05, 0.1) is 0 Å². The molecule has 0 unspecified atom stereocenters. The summed E-state index contributed by atoms with van der Waals surface area (Å²) in [4.78, 5) is 0. The van der Waals surface area contributed by atoms with Crippen LogP contribution in [0.2, 0.25) is 0 Å². The number of rotatable bonds is 3.